The quantitative estimate of drug-likeness (QED) is 0.650. The number of fused-ring (bicyclic) bond motifs is 1. The second kappa shape index (κ2) is 3.97. The maximum atomic E-state index is 8.93. The molecule has 3 aromatic rings. The number of hydrogen-bond acceptors (Lipinski definition) is 3. The number of aromatic nitrogens is 3. The van der Waals surface area contributed by atoms with E-state index < -0.39 is 0 Å². The van der Waals surface area contributed by atoms with E-state index in [2.05, 4.69) is 16.2 Å². The monoisotopic (exact) mass is 234 g/mol. The molecule has 0 saturated carbocycles. The Morgan fingerprint density at radius 2 is 2.11 bits per heavy atom. The maximum Gasteiger partial charge on any atom is 0.112 e. The van der Waals surface area contributed by atoms with Crippen molar-refractivity contribution in [1.29, 1.82) is 5.26 Å². The summed E-state index contributed by atoms with van der Waals surface area (Å²) >= 11 is 0. The molecule has 2 aromatic heterocycles. The molecule has 4 nitrogen and oxygen atoms in total. The normalized spacial score (nSPS) is 10.4. The topological polar surface area (TPSA) is 54.5 Å². The Morgan fingerprint density at radius 3 is 2.89 bits per heavy atom. The van der Waals surface area contributed by atoms with E-state index in [-0.39, 0.29) is 0 Å². The lowest BCUT2D eigenvalue weighted by molar-refractivity contribution is 0.860. The van der Waals surface area contributed by atoms with Gasteiger partial charge < -0.3 is 0 Å². The molecule has 3 rings (SSSR count). The smallest absolute Gasteiger partial charge is 0.112 e. The van der Waals surface area contributed by atoms with Crippen LogP contribution in [0.3, 0.4) is 0 Å². The van der Waals surface area contributed by atoms with Gasteiger partial charge in [-0.3, -0.25) is 4.98 Å². The van der Waals surface area contributed by atoms with Gasteiger partial charge in [0.1, 0.15) is 11.0 Å². The van der Waals surface area contributed by atoms with E-state index >= 15 is 0 Å². The predicted octanol–water partition coefficient (Wildman–Crippen LogP) is 2.60. The fourth-order valence-corrected chi connectivity index (χ4v) is 2.00. The van der Waals surface area contributed by atoms with Gasteiger partial charge in [0.2, 0.25) is 0 Å². The van der Waals surface area contributed by atoms with Crippen LogP contribution in [-0.4, -0.2) is 14.8 Å². The maximum absolute atomic E-state index is 8.93. The summed E-state index contributed by atoms with van der Waals surface area (Å²) in [6.45, 7) is 1.97. The molecule has 0 aliphatic rings. The van der Waals surface area contributed by atoms with Crippen molar-refractivity contribution in [3.8, 4) is 11.8 Å². The second-order valence-electron chi connectivity index (χ2n) is 4.03. The third-order valence-corrected chi connectivity index (χ3v) is 2.87. The molecule has 86 valence electrons. The third-order valence-electron chi connectivity index (χ3n) is 2.87. The highest BCUT2D eigenvalue weighted by atomic mass is 15.3. The van der Waals surface area contributed by atoms with E-state index in [0.717, 1.165) is 22.4 Å². The van der Waals surface area contributed by atoms with Gasteiger partial charge in [0.15, 0.2) is 0 Å². The number of rotatable bonds is 1. The van der Waals surface area contributed by atoms with E-state index in [0.29, 0.717) is 5.56 Å². The predicted molar refractivity (Wildman–Crippen MR) is 68.3 cm³/mol. The molecule has 0 aliphatic carbocycles. The van der Waals surface area contributed by atoms with Crippen molar-refractivity contribution in [2.45, 2.75) is 6.92 Å². The van der Waals surface area contributed by atoms with Gasteiger partial charge in [-0.05, 0) is 37.3 Å². The summed E-state index contributed by atoms with van der Waals surface area (Å²) in [7, 11) is 0. The molecule has 0 aliphatic heterocycles. The highest BCUT2D eigenvalue weighted by molar-refractivity contribution is 5.77. The number of nitrogens with zero attached hydrogens (tertiary/aromatic N) is 4. The van der Waals surface area contributed by atoms with E-state index in [1.807, 2.05) is 41.9 Å². The first-order valence-corrected chi connectivity index (χ1v) is 5.60. The van der Waals surface area contributed by atoms with Crippen LogP contribution in [0.15, 0.2) is 42.6 Å². The number of nitriles is 1. The lowest BCUT2D eigenvalue weighted by Gasteiger charge is -2.03. The molecule has 0 fully saturated rings. The van der Waals surface area contributed by atoms with Crippen LogP contribution in [0.25, 0.3) is 16.7 Å². The molecule has 1 aromatic carbocycles. The van der Waals surface area contributed by atoms with E-state index in [9.17, 15) is 0 Å². The Bertz CT molecular complexity index is 765. The van der Waals surface area contributed by atoms with Crippen LogP contribution < -0.4 is 0 Å². The molecule has 18 heavy (non-hydrogen) atoms. The molecule has 0 N–H and O–H groups in total. The number of aryl methyl sites for hydroxylation is 1. The van der Waals surface area contributed by atoms with Crippen LogP contribution >= 0.6 is 0 Å². The molecule has 4 heteroatoms. The van der Waals surface area contributed by atoms with Crippen molar-refractivity contribution in [2.24, 2.45) is 0 Å². The Kier molecular flexibility index (Phi) is 2.31. The highest BCUT2D eigenvalue weighted by Crippen LogP contribution is 2.19. The zero-order valence-electron chi connectivity index (χ0n) is 9.83. The highest BCUT2D eigenvalue weighted by Gasteiger charge is 2.09. The van der Waals surface area contributed by atoms with Gasteiger partial charge in [0.05, 0.1) is 23.0 Å². The van der Waals surface area contributed by atoms with Gasteiger partial charge in [-0.15, -0.1) is 0 Å². The Morgan fingerprint density at radius 1 is 1.22 bits per heavy atom. The summed E-state index contributed by atoms with van der Waals surface area (Å²) in [4.78, 5) is 4.32. The lowest BCUT2D eigenvalue weighted by atomic mass is 10.2. The molecule has 0 bridgehead atoms. The van der Waals surface area contributed by atoms with Crippen molar-refractivity contribution in [1.82, 2.24) is 14.8 Å². The average Bonchev–Trinajstić information content (AvgIpc) is 2.77. The zero-order valence-corrected chi connectivity index (χ0v) is 9.83. The molecule has 0 radical (unpaired) electrons. The second-order valence-corrected chi connectivity index (χ2v) is 4.03. The molecule has 0 spiro atoms. The standard InChI is InChI=1S/C14H10N4/c1-10-14-13(6-3-7-16-14)17-18(10)12-5-2-4-11(8-12)9-15/h2-8H,1H3. The van der Waals surface area contributed by atoms with Crippen molar-refractivity contribution in [3.63, 3.8) is 0 Å². The average molecular weight is 234 g/mol. The first kappa shape index (κ1) is 10.5. The van der Waals surface area contributed by atoms with Gasteiger partial charge in [-0.25, -0.2) is 4.68 Å². The zero-order chi connectivity index (χ0) is 12.5. The summed E-state index contributed by atoms with van der Waals surface area (Å²) in [6, 6.07) is 13.3. The van der Waals surface area contributed by atoms with Crippen molar-refractivity contribution >= 4 is 11.0 Å². The Balaban J connectivity index is 2.25. The van der Waals surface area contributed by atoms with Crippen LogP contribution in [0.4, 0.5) is 0 Å². The van der Waals surface area contributed by atoms with Gasteiger partial charge in [0, 0.05) is 6.20 Å². The van der Waals surface area contributed by atoms with Crippen LogP contribution in [0.5, 0.6) is 0 Å². The minimum absolute atomic E-state index is 0.624. The minimum atomic E-state index is 0.624. The van der Waals surface area contributed by atoms with E-state index in [1.54, 1.807) is 12.3 Å². The summed E-state index contributed by atoms with van der Waals surface area (Å²) in [5, 5.41) is 13.4. The van der Waals surface area contributed by atoms with Crippen molar-refractivity contribution in [2.75, 3.05) is 0 Å². The van der Waals surface area contributed by atoms with Crippen LogP contribution in [0, 0.1) is 18.3 Å². The molecule has 2 heterocycles. The number of benzene rings is 1. The van der Waals surface area contributed by atoms with Gasteiger partial charge in [0.25, 0.3) is 0 Å². The number of pyridine rings is 1. The fourth-order valence-electron chi connectivity index (χ4n) is 2.00. The fraction of sp³-hybridized carbons (Fsp3) is 0.0714. The van der Waals surface area contributed by atoms with E-state index in [1.165, 1.54) is 0 Å². The summed E-state index contributed by atoms with van der Waals surface area (Å²) in [6.07, 6.45) is 1.76. The Labute approximate surface area is 104 Å². The molecular formula is C14H10N4. The third kappa shape index (κ3) is 1.54. The summed E-state index contributed by atoms with van der Waals surface area (Å²) in [5.41, 5.74) is 4.22. The lowest BCUT2D eigenvalue weighted by Crippen LogP contribution is -1.98. The van der Waals surface area contributed by atoms with Crippen LogP contribution in [-0.2, 0) is 0 Å². The van der Waals surface area contributed by atoms with Gasteiger partial charge >= 0.3 is 0 Å². The Hall–Kier alpha value is -2.67. The first-order valence-electron chi connectivity index (χ1n) is 5.60. The largest absolute Gasteiger partial charge is 0.253 e. The molecule has 0 atom stereocenters. The minimum Gasteiger partial charge on any atom is -0.253 e. The SMILES string of the molecule is Cc1c2ncccc2nn1-c1cccc(C#N)c1. The van der Waals surface area contributed by atoms with E-state index in [4.69, 9.17) is 5.26 Å². The van der Waals surface area contributed by atoms with Gasteiger partial charge in [-0.1, -0.05) is 6.07 Å². The van der Waals surface area contributed by atoms with Crippen LogP contribution in [0.2, 0.25) is 0 Å². The molecule has 0 amide bonds. The summed E-state index contributed by atoms with van der Waals surface area (Å²) in [5.74, 6) is 0. The van der Waals surface area contributed by atoms with Crippen molar-refractivity contribution < 1.29 is 0 Å². The van der Waals surface area contributed by atoms with Crippen LogP contribution in [0.1, 0.15) is 11.3 Å². The molecule has 0 saturated heterocycles. The molecule has 0 unspecified atom stereocenters. The molecular weight excluding hydrogens is 224 g/mol. The number of hydrogen-bond donors (Lipinski definition) is 0. The van der Waals surface area contributed by atoms with Crippen molar-refractivity contribution in [3.05, 3.63) is 53.9 Å². The summed E-state index contributed by atoms with van der Waals surface area (Å²) < 4.78 is 1.82. The first-order chi connectivity index (χ1) is 8.79. The van der Waals surface area contributed by atoms with Gasteiger partial charge in [-0.2, -0.15) is 10.4 Å².